The predicted octanol–water partition coefficient (Wildman–Crippen LogP) is 9.21. The maximum absolute atomic E-state index is 12.8. The van der Waals surface area contributed by atoms with Crippen LogP contribution >= 0.6 is 23.2 Å². The van der Waals surface area contributed by atoms with Gasteiger partial charge in [0.05, 0.1) is 12.3 Å². The highest BCUT2D eigenvalue weighted by Gasteiger charge is 2.46. The first kappa shape index (κ1) is 29.0. The number of nitrogens with one attached hydrogen (secondary N) is 1. The van der Waals surface area contributed by atoms with Gasteiger partial charge in [0.25, 0.3) is 0 Å². The van der Waals surface area contributed by atoms with Crippen molar-refractivity contribution < 1.29 is 13.9 Å². The third-order valence-corrected chi connectivity index (χ3v) is 9.54. The maximum Gasteiger partial charge on any atom is 0.201 e. The van der Waals surface area contributed by atoms with Crippen molar-refractivity contribution in [3.8, 4) is 5.75 Å². The number of carbonyl (C=O) groups excluding carboxylic acids is 1. The monoisotopic (exact) mass is 624 g/mol. The minimum absolute atomic E-state index is 0.0201. The number of fused-ring (bicyclic) bond motifs is 4. The molecule has 1 saturated heterocycles. The highest BCUT2D eigenvalue weighted by atomic mass is 35.5. The molecule has 224 valence electrons. The Morgan fingerprint density at radius 3 is 2.57 bits per heavy atom. The van der Waals surface area contributed by atoms with Crippen molar-refractivity contribution in [1.82, 2.24) is 10.2 Å². The van der Waals surface area contributed by atoms with Gasteiger partial charge >= 0.3 is 0 Å². The molecule has 0 bridgehead atoms. The number of hydrogen-bond acceptors (Lipinski definition) is 5. The van der Waals surface area contributed by atoms with E-state index in [-0.39, 0.29) is 17.7 Å². The smallest absolute Gasteiger partial charge is 0.201 e. The van der Waals surface area contributed by atoms with E-state index >= 15 is 0 Å². The second kappa shape index (κ2) is 12.0. The van der Waals surface area contributed by atoms with Crippen LogP contribution in [0, 0.1) is 5.92 Å². The summed E-state index contributed by atoms with van der Waals surface area (Å²) in [5, 5.41) is 5.15. The molecule has 1 N–H and O–H groups in total. The lowest BCUT2D eigenvalue weighted by Gasteiger charge is -2.41. The molecule has 1 aromatic heterocycles. The lowest BCUT2D eigenvalue weighted by atomic mass is 9.83. The molecule has 1 aliphatic carbocycles. The Labute approximate surface area is 268 Å². The molecule has 4 unspecified atom stereocenters. The van der Waals surface area contributed by atoms with E-state index in [0.29, 0.717) is 29.3 Å². The SMILES string of the molecule is CC=C(Oc1ccc(Cl)cc1)N1CCC2=C(CC3NC3c3ccc(Cl)cc32)C1c1ccc(CC(C)C(=O)c2ccco2)cc1. The minimum Gasteiger partial charge on any atom is -0.461 e. The molecule has 3 aliphatic rings. The summed E-state index contributed by atoms with van der Waals surface area (Å²) in [5.41, 5.74) is 7.69. The normalized spacial score (nSPS) is 21.6. The summed E-state index contributed by atoms with van der Waals surface area (Å²) in [5.74, 6) is 1.80. The minimum atomic E-state index is -0.184. The number of carbonyl (C=O) groups is 1. The Kier molecular flexibility index (Phi) is 7.88. The fraction of sp³-hybridized carbons (Fsp3) is 0.270. The van der Waals surface area contributed by atoms with Gasteiger partial charge in [-0.05, 0) is 114 Å². The largest absolute Gasteiger partial charge is 0.461 e. The molecule has 3 heterocycles. The lowest BCUT2D eigenvalue weighted by Crippen LogP contribution is -2.36. The van der Waals surface area contributed by atoms with E-state index in [1.807, 2.05) is 50.3 Å². The van der Waals surface area contributed by atoms with Crippen molar-refractivity contribution in [2.24, 2.45) is 5.92 Å². The Morgan fingerprint density at radius 2 is 1.84 bits per heavy atom. The van der Waals surface area contributed by atoms with E-state index in [1.165, 1.54) is 27.8 Å². The van der Waals surface area contributed by atoms with Crippen LogP contribution in [0.2, 0.25) is 10.0 Å². The van der Waals surface area contributed by atoms with Gasteiger partial charge < -0.3 is 19.4 Å². The number of rotatable bonds is 8. The summed E-state index contributed by atoms with van der Waals surface area (Å²) in [6.45, 7) is 4.77. The molecule has 0 radical (unpaired) electrons. The Bertz CT molecular complexity index is 1740. The topological polar surface area (TPSA) is 64.6 Å². The highest BCUT2D eigenvalue weighted by Crippen LogP contribution is 2.51. The van der Waals surface area contributed by atoms with E-state index in [4.69, 9.17) is 32.4 Å². The van der Waals surface area contributed by atoms with E-state index in [1.54, 1.807) is 18.4 Å². The van der Waals surface area contributed by atoms with Gasteiger partial charge in [-0.1, -0.05) is 60.5 Å². The van der Waals surface area contributed by atoms with Crippen LogP contribution in [-0.2, 0) is 6.42 Å². The number of ketones is 1. The van der Waals surface area contributed by atoms with Crippen LogP contribution in [0.3, 0.4) is 0 Å². The number of hydrogen-bond donors (Lipinski definition) is 1. The summed E-state index contributed by atoms with van der Waals surface area (Å²) >= 11 is 12.7. The van der Waals surface area contributed by atoms with Gasteiger partial charge in [0.15, 0.2) is 11.6 Å². The second-order valence-corrected chi connectivity index (χ2v) is 12.8. The predicted molar refractivity (Wildman–Crippen MR) is 175 cm³/mol. The van der Waals surface area contributed by atoms with E-state index in [0.717, 1.165) is 41.6 Å². The molecule has 5 nitrogen and oxygen atoms in total. The number of benzene rings is 3. The van der Waals surface area contributed by atoms with Crippen LogP contribution in [-0.4, -0.2) is 23.3 Å². The zero-order valence-electron chi connectivity index (χ0n) is 24.7. The van der Waals surface area contributed by atoms with E-state index < -0.39 is 0 Å². The Hall–Kier alpha value is -3.77. The van der Waals surface area contributed by atoms with Gasteiger partial charge in [0.2, 0.25) is 5.78 Å². The third-order valence-electron chi connectivity index (χ3n) is 9.05. The number of halogens is 2. The standard InChI is InChI=1S/C37H34Cl2N2O3/c1-3-34(44-27-13-10-25(38)11-14-27)41-17-16-28-30-20-26(39)12-15-29(30)35-32(40-35)21-31(28)36(41)24-8-6-23(7-9-24)19-22(2)37(42)33-5-4-18-43-33/h3-15,18,20,22,32,35-36,40H,16-17,19,21H2,1-2H3. The second-order valence-electron chi connectivity index (χ2n) is 11.9. The number of ether oxygens (including phenoxy) is 1. The van der Waals surface area contributed by atoms with Gasteiger partial charge in [0, 0.05) is 34.6 Å². The number of allylic oxidation sites excluding steroid dienone is 1. The van der Waals surface area contributed by atoms with Crippen LogP contribution in [0.4, 0.5) is 0 Å². The zero-order valence-corrected chi connectivity index (χ0v) is 26.2. The number of nitrogens with zero attached hydrogens (tertiary/aromatic N) is 1. The van der Waals surface area contributed by atoms with Gasteiger partial charge in [-0.2, -0.15) is 0 Å². The molecule has 44 heavy (non-hydrogen) atoms. The van der Waals surface area contributed by atoms with Gasteiger partial charge in [-0.25, -0.2) is 0 Å². The van der Waals surface area contributed by atoms with Crippen LogP contribution < -0.4 is 10.1 Å². The lowest BCUT2D eigenvalue weighted by molar-refractivity contribution is 0.0901. The fourth-order valence-electron chi connectivity index (χ4n) is 6.84. The van der Waals surface area contributed by atoms with Gasteiger partial charge in [-0.15, -0.1) is 0 Å². The molecule has 1 fully saturated rings. The van der Waals surface area contributed by atoms with Crippen molar-refractivity contribution in [3.05, 3.63) is 141 Å². The third kappa shape index (κ3) is 5.61. The fourth-order valence-corrected chi connectivity index (χ4v) is 7.14. The quantitative estimate of drug-likeness (QED) is 0.120. The molecular formula is C37H34Cl2N2O3. The molecule has 0 spiro atoms. The maximum atomic E-state index is 12.8. The van der Waals surface area contributed by atoms with E-state index in [2.05, 4.69) is 46.6 Å². The van der Waals surface area contributed by atoms with Crippen LogP contribution in [0.15, 0.2) is 107 Å². The van der Waals surface area contributed by atoms with Crippen LogP contribution in [0.25, 0.3) is 5.57 Å². The molecule has 7 heteroatoms. The molecule has 4 aromatic rings. The molecule has 2 aliphatic heterocycles. The molecule has 7 rings (SSSR count). The van der Waals surface area contributed by atoms with Crippen LogP contribution in [0.1, 0.15) is 71.6 Å². The summed E-state index contributed by atoms with van der Waals surface area (Å²) in [6.07, 6.45) is 6.07. The van der Waals surface area contributed by atoms with Crippen molar-refractivity contribution in [2.45, 2.75) is 51.2 Å². The Balaban J connectivity index is 1.25. The first-order valence-corrected chi connectivity index (χ1v) is 16.0. The average molecular weight is 626 g/mol. The summed E-state index contributed by atoms with van der Waals surface area (Å²) in [6, 6.07) is 26.8. The number of Topliss-reactive ketones (excluding diaryl/α,β-unsaturated/α-hetero) is 1. The summed E-state index contributed by atoms with van der Waals surface area (Å²) in [4.78, 5) is 15.2. The number of furan rings is 1. The molecule has 4 atom stereocenters. The molecular weight excluding hydrogens is 591 g/mol. The van der Waals surface area contributed by atoms with Crippen molar-refractivity contribution in [1.29, 1.82) is 0 Å². The zero-order chi connectivity index (χ0) is 30.4. The highest BCUT2D eigenvalue weighted by molar-refractivity contribution is 6.31. The average Bonchev–Trinajstić information content (AvgIpc) is 3.60. The van der Waals surface area contributed by atoms with Gasteiger partial charge in [0.1, 0.15) is 5.75 Å². The molecule has 0 saturated carbocycles. The first-order valence-electron chi connectivity index (χ1n) is 15.2. The van der Waals surface area contributed by atoms with Crippen molar-refractivity contribution in [2.75, 3.05) is 6.54 Å². The Morgan fingerprint density at radius 1 is 1.07 bits per heavy atom. The van der Waals surface area contributed by atoms with E-state index in [9.17, 15) is 4.79 Å². The van der Waals surface area contributed by atoms with Crippen LogP contribution in [0.5, 0.6) is 5.75 Å². The van der Waals surface area contributed by atoms with Crippen molar-refractivity contribution >= 4 is 34.6 Å². The van der Waals surface area contributed by atoms with Gasteiger partial charge in [-0.3, -0.25) is 4.79 Å². The molecule has 3 aromatic carbocycles. The first-order chi connectivity index (χ1) is 21.4. The summed E-state index contributed by atoms with van der Waals surface area (Å²) in [7, 11) is 0. The van der Waals surface area contributed by atoms with Crippen molar-refractivity contribution in [3.63, 3.8) is 0 Å². The molecule has 0 amide bonds. The summed E-state index contributed by atoms with van der Waals surface area (Å²) < 4.78 is 11.9.